The van der Waals surface area contributed by atoms with Gasteiger partial charge in [-0.2, -0.15) is 0 Å². The van der Waals surface area contributed by atoms with E-state index >= 15 is 0 Å². The second kappa shape index (κ2) is 4.79. The summed E-state index contributed by atoms with van der Waals surface area (Å²) in [6.45, 7) is 10.4. The topological polar surface area (TPSA) is 18.5 Å². The van der Waals surface area contributed by atoms with Crippen LogP contribution in [-0.4, -0.2) is 11.9 Å². The highest BCUT2D eigenvalue weighted by Gasteiger charge is 2.44. The molecule has 1 saturated heterocycles. The Labute approximate surface area is 104 Å². The Bertz CT molecular complexity index is 382. The molecule has 1 heterocycles. The van der Waals surface area contributed by atoms with Gasteiger partial charge in [0.1, 0.15) is 6.10 Å². The van der Waals surface area contributed by atoms with Crippen LogP contribution in [0.1, 0.15) is 43.9 Å². The lowest BCUT2D eigenvalue weighted by molar-refractivity contribution is -0.177. The third kappa shape index (κ3) is 2.24. The molecule has 17 heavy (non-hydrogen) atoms. The van der Waals surface area contributed by atoms with Crippen molar-refractivity contribution in [2.75, 3.05) is 0 Å². The molecule has 0 aromatic heterocycles. The fourth-order valence-corrected chi connectivity index (χ4v) is 2.43. The highest BCUT2D eigenvalue weighted by molar-refractivity contribution is 5.29. The van der Waals surface area contributed by atoms with Gasteiger partial charge in [0, 0.05) is 0 Å². The van der Waals surface area contributed by atoms with E-state index in [9.17, 15) is 0 Å². The highest BCUT2D eigenvalue weighted by Crippen LogP contribution is 2.42. The van der Waals surface area contributed by atoms with E-state index in [0.29, 0.717) is 0 Å². The summed E-state index contributed by atoms with van der Waals surface area (Å²) in [4.78, 5) is 0. The zero-order chi connectivity index (χ0) is 12.5. The van der Waals surface area contributed by atoms with Crippen molar-refractivity contribution in [3.05, 3.63) is 42.3 Å². The van der Waals surface area contributed by atoms with Crippen LogP contribution in [0.2, 0.25) is 0 Å². The number of hydrogen-bond acceptors (Lipinski definition) is 2. The maximum Gasteiger partial charge on any atom is 0.169 e. The highest BCUT2D eigenvalue weighted by atomic mass is 16.8. The average Bonchev–Trinajstić information content (AvgIpc) is 2.68. The number of hydrogen-bond donors (Lipinski definition) is 0. The molecule has 0 unspecified atom stereocenters. The Kier molecular flexibility index (Phi) is 3.55. The third-order valence-corrected chi connectivity index (χ3v) is 3.62. The largest absolute Gasteiger partial charge is 0.344 e. The molecular weight excluding hydrogens is 212 g/mol. The molecule has 1 aromatic rings. The van der Waals surface area contributed by atoms with E-state index in [2.05, 4.69) is 39.8 Å². The van der Waals surface area contributed by atoms with Gasteiger partial charge in [0.15, 0.2) is 5.79 Å². The fourth-order valence-electron chi connectivity index (χ4n) is 2.43. The minimum Gasteiger partial charge on any atom is -0.344 e. The van der Waals surface area contributed by atoms with Crippen LogP contribution < -0.4 is 0 Å². The van der Waals surface area contributed by atoms with Gasteiger partial charge in [-0.3, -0.25) is 0 Å². The molecule has 1 aliphatic heterocycles. The van der Waals surface area contributed by atoms with Crippen molar-refractivity contribution in [1.29, 1.82) is 0 Å². The molecule has 0 spiro atoms. The normalized spacial score (nSPS) is 27.3. The van der Waals surface area contributed by atoms with Crippen LogP contribution in [0.5, 0.6) is 0 Å². The van der Waals surface area contributed by atoms with E-state index in [1.807, 2.05) is 12.1 Å². The lowest BCUT2D eigenvalue weighted by Gasteiger charge is -2.25. The molecule has 1 fully saturated rings. The quantitative estimate of drug-likeness (QED) is 0.790. The van der Waals surface area contributed by atoms with Gasteiger partial charge in [-0.05, 0) is 37.8 Å². The first kappa shape index (κ1) is 12.6. The van der Waals surface area contributed by atoms with E-state index in [1.165, 1.54) is 11.1 Å². The Hall–Kier alpha value is -0.860. The van der Waals surface area contributed by atoms with Gasteiger partial charge in [-0.15, -0.1) is 0 Å². The van der Waals surface area contributed by atoms with Crippen LogP contribution >= 0.6 is 0 Å². The molecule has 0 saturated carbocycles. The zero-order valence-corrected chi connectivity index (χ0v) is 10.9. The zero-order valence-electron chi connectivity index (χ0n) is 10.9. The summed E-state index contributed by atoms with van der Waals surface area (Å²) in [5.41, 5.74) is 2.43. The number of benzene rings is 1. The molecule has 2 nitrogen and oxygen atoms in total. The molecule has 0 amide bonds. The Balaban J connectivity index is 2.27. The van der Waals surface area contributed by atoms with E-state index in [0.717, 1.165) is 12.8 Å². The summed E-state index contributed by atoms with van der Waals surface area (Å²) >= 11 is 0. The predicted molar refractivity (Wildman–Crippen MR) is 68.5 cm³/mol. The van der Waals surface area contributed by atoms with Crippen LogP contribution in [0.15, 0.2) is 24.3 Å². The number of aryl methyl sites for hydroxylation is 1. The van der Waals surface area contributed by atoms with Crippen molar-refractivity contribution in [2.24, 2.45) is 0 Å². The summed E-state index contributed by atoms with van der Waals surface area (Å²) in [5.74, 6) is -0.445. The van der Waals surface area contributed by atoms with Crippen molar-refractivity contribution < 1.29 is 9.47 Å². The summed E-state index contributed by atoms with van der Waals surface area (Å²) in [6.07, 6.45) is 1.54. The monoisotopic (exact) mass is 233 g/mol. The van der Waals surface area contributed by atoms with Gasteiger partial charge < -0.3 is 9.47 Å². The minimum absolute atomic E-state index is 0.0453. The van der Waals surface area contributed by atoms with Crippen molar-refractivity contribution >= 4 is 0 Å². The van der Waals surface area contributed by atoms with Crippen molar-refractivity contribution in [3.8, 4) is 0 Å². The van der Waals surface area contributed by atoms with Gasteiger partial charge in [0.2, 0.25) is 0 Å². The summed E-state index contributed by atoms with van der Waals surface area (Å²) in [6, 6.07) is 8.28. The summed E-state index contributed by atoms with van der Waals surface area (Å²) in [7, 11) is 0. The molecule has 93 valence electrons. The van der Waals surface area contributed by atoms with E-state index in [-0.39, 0.29) is 12.2 Å². The minimum atomic E-state index is -0.445. The Morgan fingerprint density at radius 3 is 2.35 bits per heavy atom. The fraction of sp³-hybridized carbons (Fsp3) is 0.533. The summed E-state index contributed by atoms with van der Waals surface area (Å²) in [5, 5.41) is 0. The molecule has 1 aromatic carbocycles. The molecule has 0 aliphatic carbocycles. The first-order valence-corrected chi connectivity index (χ1v) is 6.36. The molecule has 2 atom stereocenters. The number of rotatable bonds is 3. The second-order valence-corrected chi connectivity index (χ2v) is 4.67. The maximum absolute atomic E-state index is 6.14. The first-order chi connectivity index (χ1) is 8.12. The van der Waals surface area contributed by atoms with Crippen LogP contribution in [0, 0.1) is 13.8 Å². The van der Waals surface area contributed by atoms with E-state index in [4.69, 9.17) is 9.47 Å². The predicted octanol–water partition coefficient (Wildman–Crippen LogP) is 3.80. The van der Waals surface area contributed by atoms with Crippen molar-refractivity contribution in [1.82, 2.24) is 0 Å². The molecule has 0 N–H and O–H groups in total. The first-order valence-electron chi connectivity index (χ1n) is 6.36. The van der Waals surface area contributed by atoms with Crippen molar-refractivity contribution in [3.63, 3.8) is 0 Å². The number of ether oxygens (including phenoxy) is 2. The maximum atomic E-state index is 6.14. The third-order valence-electron chi connectivity index (χ3n) is 3.62. The van der Waals surface area contributed by atoms with Gasteiger partial charge in [-0.1, -0.05) is 38.1 Å². The Morgan fingerprint density at radius 1 is 1.18 bits per heavy atom. The molecule has 2 heteroatoms. The van der Waals surface area contributed by atoms with Gasteiger partial charge >= 0.3 is 0 Å². The molecule has 1 aliphatic rings. The van der Waals surface area contributed by atoms with Crippen LogP contribution in [0.3, 0.4) is 0 Å². The lowest BCUT2D eigenvalue weighted by Crippen LogP contribution is -2.28. The van der Waals surface area contributed by atoms with E-state index in [1.54, 1.807) is 0 Å². The van der Waals surface area contributed by atoms with E-state index < -0.39 is 5.79 Å². The standard InChI is InChI=1S/C15H21O2/c1-5-15(6-2)16-12(4)14(17-15)13-10-8-7-9-11(13)3/h7-10,12,14H,4-6H2,1-3H3/t12-,14+/m0/s1. The SMILES string of the molecule is [CH2][C@@H]1OC(CC)(CC)O[C@H]1c1ccccc1C. The molecule has 1 radical (unpaired) electrons. The van der Waals surface area contributed by atoms with Gasteiger partial charge in [0.05, 0.1) is 6.10 Å². The molecule has 0 bridgehead atoms. The smallest absolute Gasteiger partial charge is 0.169 e. The van der Waals surface area contributed by atoms with Crippen LogP contribution in [0.25, 0.3) is 0 Å². The van der Waals surface area contributed by atoms with Crippen LogP contribution in [0.4, 0.5) is 0 Å². The van der Waals surface area contributed by atoms with Gasteiger partial charge in [-0.25, -0.2) is 0 Å². The summed E-state index contributed by atoms with van der Waals surface area (Å²) < 4.78 is 12.1. The van der Waals surface area contributed by atoms with Crippen LogP contribution in [-0.2, 0) is 9.47 Å². The second-order valence-electron chi connectivity index (χ2n) is 4.67. The molecule has 2 rings (SSSR count). The Morgan fingerprint density at radius 2 is 1.82 bits per heavy atom. The van der Waals surface area contributed by atoms with Gasteiger partial charge in [0.25, 0.3) is 0 Å². The lowest BCUT2D eigenvalue weighted by atomic mass is 10.0. The van der Waals surface area contributed by atoms with Crippen molar-refractivity contribution in [2.45, 2.75) is 51.6 Å². The average molecular weight is 233 g/mol. The molecular formula is C15H21O2.